The molecule has 0 saturated heterocycles. The predicted octanol–water partition coefficient (Wildman–Crippen LogP) is -2.31. The second kappa shape index (κ2) is 19.9. The Labute approximate surface area is 128 Å². The molecule has 7 N–H and O–H groups in total. The van der Waals surface area contributed by atoms with E-state index in [9.17, 15) is 0 Å². The van der Waals surface area contributed by atoms with Gasteiger partial charge in [0.15, 0.2) is 0 Å². The van der Waals surface area contributed by atoms with Crippen molar-refractivity contribution in [1.29, 1.82) is 0 Å². The third-order valence-electron chi connectivity index (χ3n) is 1.81. The third kappa shape index (κ3) is 45.0. The van der Waals surface area contributed by atoms with Crippen LogP contribution < -0.4 is 0 Å². The lowest BCUT2D eigenvalue weighted by Crippen LogP contribution is -2.32. The van der Waals surface area contributed by atoms with E-state index in [1.165, 1.54) is 13.1 Å². The Kier molecular flexibility index (Phi) is 24.5. The molecule has 0 aliphatic heterocycles. The van der Waals surface area contributed by atoms with Gasteiger partial charge in [0.05, 0.1) is 19.8 Å². The van der Waals surface area contributed by atoms with Gasteiger partial charge in [0.2, 0.25) is 0 Å². The summed E-state index contributed by atoms with van der Waals surface area (Å²) in [4.78, 5) is 18.2. The highest BCUT2D eigenvalue weighted by molar-refractivity contribution is 6.61. The van der Waals surface area contributed by atoms with Crippen LogP contribution in [0.25, 0.3) is 0 Å². The fourth-order valence-electron chi connectivity index (χ4n) is 0.983. The monoisotopic (exact) mass is 331 g/mol. The number of hydrogen-bond acceptors (Lipinski definition) is 8. The summed E-state index contributed by atoms with van der Waals surface area (Å²) in [5.74, 6) is 0. The van der Waals surface area contributed by atoms with Gasteiger partial charge in [-0.25, -0.2) is 0 Å². The predicted molar refractivity (Wildman–Crippen MR) is 83.0 cm³/mol. The summed E-state index contributed by atoms with van der Waals surface area (Å²) < 4.78 is 0. The maximum absolute atomic E-state index is 8.48. The van der Waals surface area contributed by atoms with Crippen LogP contribution in [-0.2, 0) is 0 Å². The number of aliphatic hydroxyl groups excluding tert-OH is 5. The van der Waals surface area contributed by atoms with Crippen LogP contribution in [0.2, 0.25) is 13.1 Å². The van der Waals surface area contributed by atoms with Crippen molar-refractivity contribution in [2.45, 2.75) is 25.9 Å². The third-order valence-corrected chi connectivity index (χ3v) is 1.81. The fraction of sp³-hybridized carbons (Fsp3) is 1.00. The van der Waals surface area contributed by atoms with Gasteiger partial charge < -0.3 is 35.1 Å². The Hall–Kier alpha value is -0.103. The Morgan fingerprint density at radius 3 is 1.00 bits per heavy atom. The summed E-state index contributed by atoms with van der Waals surface area (Å²) in [7, 11) is -2.61. The van der Waals surface area contributed by atoms with Gasteiger partial charge in [-0.15, -0.1) is 0 Å². The van der Waals surface area contributed by atoms with Gasteiger partial charge in [0.1, 0.15) is 0 Å². The average Bonchev–Trinajstić information content (AvgIpc) is 2.36. The molecule has 132 valence electrons. The highest BCUT2D eigenvalue weighted by Gasteiger charge is 2.08. The minimum Gasteiger partial charge on any atom is -0.411 e. The molecule has 0 rings (SSSR count). The van der Waals surface area contributed by atoms with E-state index in [-0.39, 0.29) is 33.0 Å². The first-order chi connectivity index (χ1) is 9.76. The van der Waals surface area contributed by atoms with E-state index >= 15 is 0 Å². The summed E-state index contributed by atoms with van der Waals surface area (Å²) in [5, 5.41) is 41.6. The lowest BCUT2D eigenvalue weighted by molar-refractivity contribution is 0.136. The Bertz CT molecular complexity index is 157. The Balaban J connectivity index is -0.000000252. The summed E-state index contributed by atoms with van der Waals surface area (Å²) in [6.07, 6.45) is 1.44. The highest BCUT2D eigenvalue weighted by atomic mass is 28.4. The molecule has 0 aromatic heterocycles. The molecule has 0 amide bonds. The van der Waals surface area contributed by atoms with Crippen LogP contribution in [0.5, 0.6) is 0 Å². The minimum atomic E-state index is -2.61. The molecule has 0 spiro atoms. The molecule has 0 fully saturated rings. The number of aliphatic hydroxyl groups is 5. The maximum atomic E-state index is 8.48. The largest absolute Gasteiger partial charge is 0.411 e. The lowest BCUT2D eigenvalue weighted by atomic mass is 10.3. The standard InChI is InChI=1S/C6H15NO3.C4H10O2.C2H8O2Si/c8-4-1-7(2-5-9)3-6-10;5-3-1-2-4-6;1-5(2,3)4/h8-10H,1-6H2;5-6H,1-4H2;3-4H,1-2H3. The second-order valence-electron chi connectivity index (χ2n) is 4.66. The molecule has 0 aromatic carbocycles. The normalized spacial score (nSPS) is 10.6. The van der Waals surface area contributed by atoms with Crippen LogP contribution in [-0.4, -0.2) is 101 Å². The summed E-state index contributed by atoms with van der Waals surface area (Å²) >= 11 is 0. The molecule has 8 nitrogen and oxygen atoms in total. The van der Waals surface area contributed by atoms with Crippen molar-refractivity contribution in [3.63, 3.8) is 0 Å². The average molecular weight is 331 g/mol. The first-order valence-electron chi connectivity index (χ1n) is 6.98. The molecule has 0 unspecified atom stereocenters. The van der Waals surface area contributed by atoms with Gasteiger partial charge in [0, 0.05) is 32.8 Å². The first kappa shape index (κ1) is 25.8. The zero-order valence-electron chi connectivity index (χ0n) is 13.1. The van der Waals surface area contributed by atoms with E-state index in [4.69, 9.17) is 35.1 Å². The number of rotatable bonds is 9. The van der Waals surface area contributed by atoms with Crippen molar-refractivity contribution in [1.82, 2.24) is 4.90 Å². The second-order valence-corrected chi connectivity index (χ2v) is 7.65. The Morgan fingerprint density at radius 2 is 0.857 bits per heavy atom. The topological polar surface area (TPSA) is 145 Å². The van der Waals surface area contributed by atoms with Crippen LogP contribution in [0.4, 0.5) is 0 Å². The molecule has 21 heavy (non-hydrogen) atoms. The minimum absolute atomic E-state index is 0.0694. The van der Waals surface area contributed by atoms with Gasteiger partial charge in [-0.2, -0.15) is 0 Å². The molecular weight excluding hydrogens is 298 g/mol. The molecule has 0 aromatic rings. The molecule has 0 radical (unpaired) electrons. The summed E-state index contributed by atoms with van der Waals surface area (Å²) in [6, 6.07) is 0. The SMILES string of the molecule is C[Si](C)(O)O.OCCCCO.OCCN(CCO)CCO. The van der Waals surface area contributed by atoms with Crippen LogP contribution in [0.3, 0.4) is 0 Å². The highest BCUT2D eigenvalue weighted by Crippen LogP contribution is 1.84. The van der Waals surface area contributed by atoms with Gasteiger partial charge in [-0.3, -0.25) is 4.90 Å². The Morgan fingerprint density at radius 1 is 0.619 bits per heavy atom. The number of hydrogen-bond donors (Lipinski definition) is 7. The van der Waals surface area contributed by atoms with E-state index in [1.54, 1.807) is 4.90 Å². The van der Waals surface area contributed by atoms with Crippen molar-refractivity contribution in [3.05, 3.63) is 0 Å². The quantitative estimate of drug-likeness (QED) is 0.184. The smallest absolute Gasteiger partial charge is 0.326 e. The maximum Gasteiger partial charge on any atom is 0.326 e. The first-order valence-corrected chi connectivity index (χ1v) is 9.87. The molecular formula is C12H33NO7Si. The van der Waals surface area contributed by atoms with Gasteiger partial charge in [-0.1, -0.05) is 0 Å². The van der Waals surface area contributed by atoms with Crippen molar-refractivity contribution in [3.8, 4) is 0 Å². The van der Waals surface area contributed by atoms with Crippen LogP contribution in [0, 0.1) is 0 Å². The molecule has 0 saturated carbocycles. The van der Waals surface area contributed by atoms with Gasteiger partial charge >= 0.3 is 8.56 Å². The lowest BCUT2D eigenvalue weighted by Gasteiger charge is -2.17. The molecule has 0 bridgehead atoms. The molecule has 9 heteroatoms. The van der Waals surface area contributed by atoms with E-state index in [1.807, 2.05) is 0 Å². The van der Waals surface area contributed by atoms with E-state index in [2.05, 4.69) is 0 Å². The van der Waals surface area contributed by atoms with Crippen LogP contribution in [0.1, 0.15) is 12.8 Å². The molecule has 0 atom stereocenters. The van der Waals surface area contributed by atoms with Crippen LogP contribution >= 0.6 is 0 Å². The number of nitrogens with zero attached hydrogens (tertiary/aromatic N) is 1. The van der Waals surface area contributed by atoms with Gasteiger partial charge in [0.25, 0.3) is 0 Å². The molecule has 0 aliphatic rings. The molecule has 0 heterocycles. The van der Waals surface area contributed by atoms with Crippen LogP contribution in [0.15, 0.2) is 0 Å². The van der Waals surface area contributed by atoms with Crippen molar-refractivity contribution < 1.29 is 35.1 Å². The van der Waals surface area contributed by atoms with Crippen molar-refractivity contribution >= 4 is 8.56 Å². The van der Waals surface area contributed by atoms with E-state index in [0.29, 0.717) is 19.6 Å². The fourth-order valence-corrected chi connectivity index (χ4v) is 0.983. The summed E-state index contributed by atoms with van der Waals surface area (Å²) in [6.45, 7) is 5.02. The molecule has 0 aliphatic carbocycles. The van der Waals surface area contributed by atoms with Gasteiger partial charge in [-0.05, 0) is 25.9 Å². The van der Waals surface area contributed by atoms with Crippen molar-refractivity contribution in [2.75, 3.05) is 52.7 Å². The number of unbranched alkanes of at least 4 members (excludes halogenated alkanes) is 1. The zero-order chi connectivity index (χ0) is 17.1. The summed E-state index contributed by atoms with van der Waals surface area (Å²) in [5.41, 5.74) is 0. The zero-order valence-corrected chi connectivity index (χ0v) is 14.1. The van der Waals surface area contributed by atoms with E-state index < -0.39 is 8.56 Å². The van der Waals surface area contributed by atoms with E-state index in [0.717, 1.165) is 12.8 Å². The van der Waals surface area contributed by atoms with Crippen molar-refractivity contribution in [2.24, 2.45) is 0 Å².